The van der Waals surface area contributed by atoms with Gasteiger partial charge in [-0.1, -0.05) is 18.2 Å². The summed E-state index contributed by atoms with van der Waals surface area (Å²) in [6.07, 6.45) is 8.20. The van der Waals surface area contributed by atoms with Crippen molar-refractivity contribution in [3.05, 3.63) is 41.6 Å². The lowest BCUT2D eigenvalue weighted by Crippen LogP contribution is -2.50. The molecule has 1 aromatic heterocycles. The largest absolute Gasteiger partial charge is 0.273 e. The number of nitrogens with zero attached hydrogens (tertiary/aromatic N) is 1. The van der Waals surface area contributed by atoms with E-state index in [4.69, 9.17) is 0 Å². The van der Waals surface area contributed by atoms with E-state index < -0.39 is 0 Å². The zero-order valence-corrected chi connectivity index (χ0v) is 16.3. The lowest BCUT2D eigenvalue weighted by atomic mass is 9.49. The Balaban J connectivity index is 1.26. The van der Waals surface area contributed by atoms with Gasteiger partial charge in [-0.2, -0.15) is 0 Å². The van der Waals surface area contributed by atoms with Crippen molar-refractivity contribution >= 4 is 22.7 Å². The van der Waals surface area contributed by atoms with Crippen LogP contribution in [0.15, 0.2) is 30.3 Å². The summed E-state index contributed by atoms with van der Waals surface area (Å²) >= 11 is 0. The van der Waals surface area contributed by atoms with Crippen LogP contribution in [-0.2, 0) is 4.79 Å². The number of nitrogens with one attached hydrogen (secondary N) is 2. The van der Waals surface area contributed by atoms with Crippen LogP contribution >= 0.6 is 0 Å². The molecule has 28 heavy (non-hydrogen) atoms. The van der Waals surface area contributed by atoms with Crippen LogP contribution in [0.1, 0.15) is 61.0 Å². The number of para-hydroxylation sites is 1. The Hall–Kier alpha value is -2.43. The second-order valence-electron chi connectivity index (χ2n) is 9.42. The first-order valence-electron chi connectivity index (χ1n) is 10.5. The summed E-state index contributed by atoms with van der Waals surface area (Å²) in [5, 5.41) is 0.793. The Morgan fingerprint density at radius 1 is 1.04 bits per heavy atom. The van der Waals surface area contributed by atoms with E-state index in [9.17, 15) is 9.59 Å². The third-order valence-electron chi connectivity index (χ3n) is 7.10. The van der Waals surface area contributed by atoms with Gasteiger partial charge < -0.3 is 0 Å². The Labute approximate surface area is 165 Å². The third-order valence-corrected chi connectivity index (χ3v) is 7.10. The molecule has 0 aliphatic heterocycles. The highest BCUT2D eigenvalue weighted by Crippen LogP contribution is 2.61. The van der Waals surface area contributed by atoms with Crippen LogP contribution in [0.4, 0.5) is 0 Å². The van der Waals surface area contributed by atoms with Crippen LogP contribution in [0.5, 0.6) is 0 Å². The summed E-state index contributed by atoms with van der Waals surface area (Å²) in [5.41, 5.74) is 7.59. The van der Waals surface area contributed by atoms with E-state index in [0.29, 0.717) is 12.0 Å². The highest BCUT2D eigenvalue weighted by Gasteiger charge is 2.51. The summed E-state index contributed by atoms with van der Waals surface area (Å²) in [5.74, 6) is 2.10. The lowest BCUT2D eigenvalue weighted by molar-refractivity contribution is -0.130. The van der Waals surface area contributed by atoms with E-state index in [0.717, 1.165) is 34.4 Å². The number of fused-ring (bicyclic) bond motifs is 1. The summed E-state index contributed by atoms with van der Waals surface area (Å²) < 4.78 is 0. The number of pyridine rings is 1. The zero-order chi connectivity index (χ0) is 19.3. The highest BCUT2D eigenvalue weighted by molar-refractivity contribution is 6.06. The normalized spacial score (nSPS) is 30.4. The molecule has 5 nitrogen and oxygen atoms in total. The van der Waals surface area contributed by atoms with Gasteiger partial charge in [0.05, 0.1) is 11.1 Å². The van der Waals surface area contributed by atoms with E-state index in [2.05, 4.69) is 15.8 Å². The summed E-state index contributed by atoms with van der Waals surface area (Å²) in [6.45, 7) is 1.87. The molecule has 1 aromatic carbocycles. The van der Waals surface area contributed by atoms with Gasteiger partial charge in [-0.25, -0.2) is 0 Å². The molecule has 146 valence electrons. The van der Waals surface area contributed by atoms with Crippen molar-refractivity contribution < 1.29 is 9.59 Å². The number of hydrogen-bond acceptors (Lipinski definition) is 3. The number of rotatable bonds is 3. The first-order chi connectivity index (χ1) is 13.5. The van der Waals surface area contributed by atoms with Crippen molar-refractivity contribution in [3.8, 4) is 0 Å². The van der Waals surface area contributed by atoms with Gasteiger partial charge in [0.2, 0.25) is 5.91 Å². The molecular formula is C23H27N3O2. The molecule has 6 rings (SSSR count). The maximum absolute atomic E-state index is 12.7. The first kappa shape index (κ1) is 17.7. The molecule has 2 aromatic rings. The standard InChI is InChI=1S/C23H27N3O2/c1-14-6-19(18-4-2-3-5-20(18)24-14)22(28)26-25-21(27)13-23-10-15-7-16(11-23)9-17(8-15)12-23/h2-6,15-17H,7-13H2,1H3,(H,25,27)(H,26,28). The molecule has 4 fully saturated rings. The minimum atomic E-state index is -0.291. The van der Waals surface area contributed by atoms with Gasteiger partial charge in [0, 0.05) is 17.5 Å². The predicted molar refractivity (Wildman–Crippen MR) is 107 cm³/mol. The molecule has 2 N–H and O–H groups in total. The number of hydrogen-bond donors (Lipinski definition) is 2. The van der Waals surface area contributed by atoms with Gasteiger partial charge in [-0.05, 0) is 80.8 Å². The maximum Gasteiger partial charge on any atom is 0.270 e. The molecule has 0 unspecified atom stereocenters. The number of hydrazine groups is 1. The van der Waals surface area contributed by atoms with Gasteiger partial charge in [0.15, 0.2) is 0 Å². The number of aromatic nitrogens is 1. The number of benzene rings is 1. The Morgan fingerprint density at radius 2 is 1.68 bits per heavy atom. The second-order valence-corrected chi connectivity index (χ2v) is 9.42. The van der Waals surface area contributed by atoms with Gasteiger partial charge in [-0.15, -0.1) is 0 Å². The summed E-state index contributed by atoms with van der Waals surface area (Å²) in [6, 6.07) is 9.34. The molecule has 4 aliphatic rings. The third kappa shape index (κ3) is 3.17. The van der Waals surface area contributed by atoms with Crippen molar-refractivity contribution in [3.63, 3.8) is 0 Å². The topological polar surface area (TPSA) is 71.1 Å². The molecule has 5 heteroatoms. The molecule has 4 saturated carbocycles. The van der Waals surface area contributed by atoms with E-state index in [1.54, 1.807) is 6.07 Å². The van der Waals surface area contributed by atoms with Crippen molar-refractivity contribution in [1.29, 1.82) is 0 Å². The van der Waals surface area contributed by atoms with E-state index in [-0.39, 0.29) is 17.2 Å². The first-order valence-corrected chi connectivity index (χ1v) is 10.5. The van der Waals surface area contributed by atoms with E-state index >= 15 is 0 Å². The van der Waals surface area contributed by atoms with Crippen molar-refractivity contribution in [1.82, 2.24) is 15.8 Å². The van der Waals surface area contributed by atoms with Crippen LogP contribution in [0.3, 0.4) is 0 Å². The van der Waals surface area contributed by atoms with Crippen molar-refractivity contribution in [2.75, 3.05) is 0 Å². The van der Waals surface area contributed by atoms with Crippen molar-refractivity contribution in [2.24, 2.45) is 23.2 Å². The molecule has 0 atom stereocenters. The summed E-state index contributed by atoms with van der Waals surface area (Å²) in [4.78, 5) is 29.9. The molecule has 2 amide bonds. The molecule has 4 aliphatic carbocycles. The van der Waals surface area contributed by atoms with Crippen LogP contribution < -0.4 is 10.9 Å². The summed E-state index contributed by atoms with van der Waals surface area (Å²) in [7, 11) is 0. The van der Waals surface area contributed by atoms with Crippen LogP contribution in [0, 0.1) is 30.1 Å². The fourth-order valence-electron chi connectivity index (χ4n) is 6.58. The number of carbonyl (C=O) groups excluding carboxylic acids is 2. The monoisotopic (exact) mass is 377 g/mol. The molecule has 4 bridgehead atoms. The number of aryl methyl sites for hydroxylation is 1. The fraction of sp³-hybridized carbons (Fsp3) is 0.522. The van der Waals surface area contributed by atoms with Crippen LogP contribution in [-0.4, -0.2) is 16.8 Å². The number of carbonyl (C=O) groups is 2. The van der Waals surface area contributed by atoms with Crippen LogP contribution in [0.25, 0.3) is 10.9 Å². The average Bonchev–Trinajstić information content (AvgIpc) is 2.64. The van der Waals surface area contributed by atoms with Gasteiger partial charge in [0.1, 0.15) is 0 Å². The SMILES string of the molecule is Cc1cc(C(=O)NNC(=O)CC23CC4CC(CC(C4)C2)C3)c2ccccc2n1. The maximum atomic E-state index is 12.7. The predicted octanol–water partition coefficient (Wildman–Crippen LogP) is 3.91. The van der Waals surface area contributed by atoms with Gasteiger partial charge in [-0.3, -0.25) is 25.4 Å². The minimum absolute atomic E-state index is 0.0645. The Bertz CT molecular complexity index is 917. The zero-order valence-electron chi connectivity index (χ0n) is 16.3. The lowest BCUT2D eigenvalue weighted by Gasteiger charge is -2.56. The average molecular weight is 377 g/mol. The fourth-order valence-corrected chi connectivity index (χ4v) is 6.58. The highest BCUT2D eigenvalue weighted by atomic mass is 16.2. The number of amides is 2. The van der Waals surface area contributed by atoms with E-state index in [1.165, 1.54) is 38.5 Å². The molecule has 0 spiro atoms. The minimum Gasteiger partial charge on any atom is -0.273 e. The van der Waals surface area contributed by atoms with E-state index in [1.807, 2.05) is 31.2 Å². The Morgan fingerprint density at radius 3 is 2.36 bits per heavy atom. The quantitative estimate of drug-likeness (QED) is 0.797. The molecule has 0 saturated heterocycles. The van der Waals surface area contributed by atoms with Crippen LogP contribution in [0.2, 0.25) is 0 Å². The Kier molecular flexibility index (Phi) is 4.14. The van der Waals surface area contributed by atoms with Gasteiger partial charge >= 0.3 is 0 Å². The van der Waals surface area contributed by atoms with Crippen molar-refractivity contribution in [2.45, 2.75) is 51.9 Å². The second kappa shape index (κ2) is 6.57. The molecule has 1 heterocycles. The smallest absolute Gasteiger partial charge is 0.270 e. The molecular weight excluding hydrogens is 350 g/mol. The molecule has 0 radical (unpaired) electrons. The van der Waals surface area contributed by atoms with Gasteiger partial charge in [0.25, 0.3) is 5.91 Å².